The number of imidazole rings is 1. The van der Waals surface area contributed by atoms with Gasteiger partial charge in [-0.2, -0.15) is 0 Å². The molecule has 2 aliphatic heterocycles. The van der Waals surface area contributed by atoms with Gasteiger partial charge in [-0.1, -0.05) is 29.3 Å². The van der Waals surface area contributed by atoms with E-state index in [1.807, 2.05) is 12.1 Å². The lowest BCUT2D eigenvalue weighted by molar-refractivity contribution is -0.0592. The summed E-state index contributed by atoms with van der Waals surface area (Å²) in [7, 11) is 1.37. The van der Waals surface area contributed by atoms with E-state index in [9.17, 15) is 9.59 Å². The van der Waals surface area contributed by atoms with E-state index in [1.54, 1.807) is 41.3 Å². The van der Waals surface area contributed by atoms with Crippen LogP contribution in [-0.4, -0.2) is 77.2 Å². The van der Waals surface area contributed by atoms with E-state index in [4.69, 9.17) is 46.8 Å². The average Bonchev–Trinajstić information content (AvgIpc) is 3.58. The Labute approximate surface area is 252 Å². The summed E-state index contributed by atoms with van der Waals surface area (Å²) in [4.78, 5) is 34.2. The zero-order valence-corrected chi connectivity index (χ0v) is 24.6. The number of fused-ring (bicyclic) bond motifs is 1. The van der Waals surface area contributed by atoms with Crippen molar-refractivity contribution < 1.29 is 28.2 Å². The Balaban J connectivity index is 1.08. The summed E-state index contributed by atoms with van der Waals surface area (Å²) in [5, 5.41) is 1.05. The van der Waals surface area contributed by atoms with Gasteiger partial charge in [0.2, 0.25) is 0 Å². The molecule has 12 heteroatoms. The molecule has 4 heterocycles. The molecule has 2 aromatic heterocycles. The maximum Gasteiger partial charge on any atom is 0.337 e. The molecule has 220 valence electrons. The van der Waals surface area contributed by atoms with E-state index in [2.05, 4.69) is 9.47 Å². The van der Waals surface area contributed by atoms with E-state index in [0.717, 1.165) is 35.4 Å². The number of hydrogen-bond donors (Lipinski definition) is 0. The molecule has 0 unspecified atom stereocenters. The van der Waals surface area contributed by atoms with Gasteiger partial charge in [-0.05, 0) is 42.8 Å². The van der Waals surface area contributed by atoms with Crippen LogP contribution < -0.4 is 4.74 Å². The number of furan rings is 1. The number of methoxy groups -OCH3 is 1. The summed E-state index contributed by atoms with van der Waals surface area (Å²) >= 11 is 12.2. The number of hydrogen-bond acceptors (Lipinski definition) is 8. The lowest BCUT2D eigenvalue weighted by atomic mass is 10.1. The zero-order valence-electron chi connectivity index (χ0n) is 23.1. The number of nitrogens with zero attached hydrogens (tertiary/aromatic N) is 4. The Morgan fingerprint density at radius 3 is 2.57 bits per heavy atom. The van der Waals surface area contributed by atoms with E-state index in [-0.39, 0.29) is 36.3 Å². The summed E-state index contributed by atoms with van der Waals surface area (Å²) in [5.41, 5.74) is 2.95. The van der Waals surface area contributed by atoms with Crippen LogP contribution in [0.5, 0.6) is 5.95 Å². The van der Waals surface area contributed by atoms with Crippen molar-refractivity contribution in [2.24, 2.45) is 0 Å². The fraction of sp³-hybridized carbons (Fsp3) is 0.367. The number of amides is 1. The van der Waals surface area contributed by atoms with Crippen LogP contribution in [0.25, 0.3) is 11.0 Å². The van der Waals surface area contributed by atoms with Gasteiger partial charge in [0.15, 0.2) is 5.76 Å². The van der Waals surface area contributed by atoms with Gasteiger partial charge in [0, 0.05) is 54.5 Å². The van der Waals surface area contributed by atoms with Crippen LogP contribution >= 0.6 is 23.2 Å². The Bertz CT molecular complexity index is 1610. The molecule has 0 radical (unpaired) electrons. The molecule has 6 rings (SSSR count). The summed E-state index contributed by atoms with van der Waals surface area (Å²) in [6, 6.07) is 13.9. The molecule has 42 heavy (non-hydrogen) atoms. The molecule has 0 N–H and O–H groups in total. The number of ether oxygens (including phenoxy) is 3. The van der Waals surface area contributed by atoms with Crippen LogP contribution in [0.15, 0.2) is 52.9 Å². The van der Waals surface area contributed by atoms with Gasteiger partial charge < -0.3 is 28.1 Å². The third-order valence-electron chi connectivity index (χ3n) is 7.63. The van der Waals surface area contributed by atoms with Gasteiger partial charge in [-0.15, -0.1) is 0 Å². The number of rotatable bonds is 9. The fourth-order valence-electron chi connectivity index (χ4n) is 5.14. The van der Waals surface area contributed by atoms with Crippen molar-refractivity contribution in [1.82, 2.24) is 19.4 Å². The van der Waals surface area contributed by atoms with Crippen LogP contribution in [0.1, 0.15) is 38.7 Å². The van der Waals surface area contributed by atoms with Crippen molar-refractivity contribution in [3.05, 3.63) is 81.3 Å². The Hall–Kier alpha value is -3.57. The average molecular weight is 613 g/mol. The van der Waals surface area contributed by atoms with Crippen LogP contribution in [-0.2, 0) is 29.2 Å². The first kappa shape index (κ1) is 28.5. The number of carbonyl (C=O) groups excluding carboxylic acids is 2. The highest BCUT2D eigenvalue weighted by atomic mass is 35.5. The number of benzene rings is 2. The summed E-state index contributed by atoms with van der Waals surface area (Å²) in [6.07, 6.45) is 1.12. The smallest absolute Gasteiger partial charge is 0.337 e. The highest BCUT2D eigenvalue weighted by Gasteiger charge is 2.27. The van der Waals surface area contributed by atoms with Crippen molar-refractivity contribution in [3.8, 4) is 5.95 Å². The van der Waals surface area contributed by atoms with Crippen molar-refractivity contribution in [2.75, 3.05) is 39.9 Å². The molecule has 2 aromatic carbocycles. The number of aromatic nitrogens is 2. The van der Waals surface area contributed by atoms with Crippen LogP contribution in [0, 0.1) is 0 Å². The highest BCUT2D eigenvalue weighted by Crippen LogP contribution is 2.26. The maximum atomic E-state index is 13.1. The van der Waals surface area contributed by atoms with Gasteiger partial charge in [-0.3, -0.25) is 9.69 Å². The molecule has 2 saturated heterocycles. The molecule has 2 fully saturated rings. The first-order chi connectivity index (χ1) is 20.4. The predicted molar refractivity (Wildman–Crippen MR) is 156 cm³/mol. The molecule has 10 nitrogen and oxygen atoms in total. The van der Waals surface area contributed by atoms with Gasteiger partial charge in [0.1, 0.15) is 12.4 Å². The Morgan fingerprint density at radius 1 is 1.05 bits per heavy atom. The van der Waals surface area contributed by atoms with Crippen molar-refractivity contribution >= 4 is 46.1 Å². The molecule has 0 saturated carbocycles. The Morgan fingerprint density at radius 2 is 1.86 bits per heavy atom. The SMILES string of the molecule is COC(=O)c1ccc2nc(CN3CCN(C(=O)c4ccc(OCc5ccc(Cl)cc5Cl)o4)CC3)n(C[C@@H]3CCO3)c2c1. The van der Waals surface area contributed by atoms with E-state index in [1.165, 1.54) is 7.11 Å². The minimum atomic E-state index is -0.381. The van der Waals surface area contributed by atoms with Crippen LogP contribution in [0.3, 0.4) is 0 Å². The lowest BCUT2D eigenvalue weighted by Crippen LogP contribution is -2.48. The van der Waals surface area contributed by atoms with E-state index >= 15 is 0 Å². The van der Waals surface area contributed by atoms with Gasteiger partial charge in [0.05, 0.1) is 42.9 Å². The van der Waals surface area contributed by atoms with Crippen molar-refractivity contribution in [2.45, 2.75) is 32.2 Å². The second kappa shape index (κ2) is 12.3. The largest absolute Gasteiger partial charge is 0.465 e. The second-order valence-electron chi connectivity index (χ2n) is 10.3. The molecule has 0 bridgehead atoms. The standard InChI is InChI=1S/C30H30Cl2N4O6/c1-39-30(38)19-3-5-24-25(14-19)36(16-22-8-13-40-22)27(33-24)17-34-9-11-35(12-10-34)29(37)26-6-7-28(42-26)41-18-20-2-4-21(31)15-23(20)32/h2-7,14-15,22H,8-13,16-18H2,1H3/t22-/m0/s1. The normalized spacial score (nSPS) is 17.3. The molecule has 1 amide bonds. The summed E-state index contributed by atoms with van der Waals surface area (Å²) in [5.74, 6) is 0.805. The van der Waals surface area contributed by atoms with E-state index in [0.29, 0.717) is 54.9 Å². The zero-order chi connectivity index (χ0) is 29.2. The molecule has 4 aromatic rings. The highest BCUT2D eigenvalue weighted by molar-refractivity contribution is 6.35. The molecule has 0 spiro atoms. The first-order valence-electron chi connectivity index (χ1n) is 13.7. The number of carbonyl (C=O) groups is 2. The lowest BCUT2D eigenvalue weighted by Gasteiger charge is -2.34. The van der Waals surface area contributed by atoms with Gasteiger partial charge >= 0.3 is 5.97 Å². The maximum absolute atomic E-state index is 13.1. The van der Waals surface area contributed by atoms with Crippen molar-refractivity contribution in [3.63, 3.8) is 0 Å². The molecule has 1 atom stereocenters. The quantitative estimate of drug-likeness (QED) is 0.242. The molecular weight excluding hydrogens is 583 g/mol. The van der Waals surface area contributed by atoms with Gasteiger partial charge in [-0.25, -0.2) is 9.78 Å². The molecule has 0 aliphatic carbocycles. The predicted octanol–water partition coefficient (Wildman–Crippen LogP) is 5.05. The fourth-order valence-corrected chi connectivity index (χ4v) is 5.60. The molecular formula is C30H30Cl2N4O6. The monoisotopic (exact) mass is 612 g/mol. The second-order valence-corrected chi connectivity index (χ2v) is 11.2. The number of halogens is 2. The summed E-state index contributed by atoms with van der Waals surface area (Å²) in [6.45, 7) is 4.70. The third kappa shape index (κ3) is 6.12. The van der Waals surface area contributed by atoms with Gasteiger partial charge in [0.25, 0.3) is 11.9 Å². The molecule has 2 aliphatic rings. The first-order valence-corrected chi connectivity index (χ1v) is 14.5. The topological polar surface area (TPSA) is 99.3 Å². The minimum Gasteiger partial charge on any atom is -0.465 e. The number of piperazine rings is 1. The van der Waals surface area contributed by atoms with Crippen LogP contribution in [0.2, 0.25) is 10.0 Å². The summed E-state index contributed by atoms with van der Waals surface area (Å²) < 4.78 is 24.1. The number of esters is 1. The minimum absolute atomic E-state index is 0.128. The van der Waals surface area contributed by atoms with Crippen molar-refractivity contribution in [1.29, 1.82) is 0 Å². The van der Waals surface area contributed by atoms with Crippen LogP contribution in [0.4, 0.5) is 0 Å². The van der Waals surface area contributed by atoms with E-state index < -0.39 is 0 Å². The third-order valence-corrected chi connectivity index (χ3v) is 8.22. The Kier molecular flexibility index (Phi) is 8.39.